The number of anilines is 3. The smallest absolute Gasteiger partial charge is 0.410 e. The van der Waals surface area contributed by atoms with Crippen LogP contribution >= 0.6 is 0 Å². The summed E-state index contributed by atoms with van der Waals surface area (Å²) < 4.78 is 19.2. The number of hydrogen-bond donors (Lipinski definition) is 1. The van der Waals surface area contributed by atoms with Crippen LogP contribution in [0, 0.1) is 5.82 Å². The van der Waals surface area contributed by atoms with Crippen molar-refractivity contribution in [3.63, 3.8) is 0 Å². The number of benzene rings is 1. The van der Waals surface area contributed by atoms with E-state index in [4.69, 9.17) is 4.74 Å². The predicted octanol–water partition coefficient (Wildman–Crippen LogP) is 3.67. The third kappa shape index (κ3) is 4.84. The second-order valence-corrected chi connectivity index (χ2v) is 9.24. The molecule has 4 rings (SSSR count). The van der Waals surface area contributed by atoms with Gasteiger partial charge in [0, 0.05) is 32.2 Å². The third-order valence-corrected chi connectivity index (χ3v) is 5.84. The van der Waals surface area contributed by atoms with Gasteiger partial charge in [-0.1, -0.05) is 0 Å². The maximum atomic E-state index is 13.7. The lowest BCUT2D eigenvalue weighted by molar-refractivity contribution is 0.0204. The highest BCUT2D eigenvalue weighted by atomic mass is 19.1. The zero-order chi connectivity index (χ0) is 23.8. The lowest BCUT2D eigenvalue weighted by Gasteiger charge is -2.44. The molecule has 0 radical (unpaired) electrons. The van der Waals surface area contributed by atoms with Gasteiger partial charge in [0.1, 0.15) is 23.4 Å². The molecular formula is C23H28FN5O4. The van der Waals surface area contributed by atoms with E-state index in [1.165, 1.54) is 18.5 Å². The minimum absolute atomic E-state index is 0.107. The summed E-state index contributed by atoms with van der Waals surface area (Å²) in [6.07, 6.45) is 4.35. The van der Waals surface area contributed by atoms with Gasteiger partial charge in [0.25, 0.3) is 0 Å². The molecule has 2 aromatic rings. The fourth-order valence-corrected chi connectivity index (χ4v) is 4.37. The molecule has 0 unspecified atom stereocenters. The summed E-state index contributed by atoms with van der Waals surface area (Å²) in [5.74, 6) is -1.09. The molecule has 9 nitrogen and oxygen atoms in total. The van der Waals surface area contributed by atoms with Crippen molar-refractivity contribution in [2.45, 2.75) is 45.3 Å². The van der Waals surface area contributed by atoms with Crippen LogP contribution < -0.4 is 9.80 Å². The molecule has 1 saturated heterocycles. The molecule has 1 aromatic heterocycles. The zero-order valence-corrected chi connectivity index (χ0v) is 19.0. The Kier molecular flexibility index (Phi) is 6.09. The molecule has 1 aromatic carbocycles. The number of piperidine rings is 1. The summed E-state index contributed by atoms with van der Waals surface area (Å²) in [4.78, 5) is 38.5. The number of ether oxygens (including phenoxy) is 1. The van der Waals surface area contributed by atoms with E-state index < -0.39 is 17.4 Å². The molecule has 1 N–H and O–H groups in total. The van der Waals surface area contributed by atoms with Crippen molar-refractivity contribution in [1.82, 2.24) is 14.9 Å². The summed E-state index contributed by atoms with van der Waals surface area (Å²) >= 11 is 0. The van der Waals surface area contributed by atoms with Crippen molar-refractivity contribution in [2.75, 3.05) is 36.0 Å². The van der Waals surface area contributed by atoms with E-state index in [1.54, 1.807) is 11.1 Å². The largest absolute Gasteiger partial charge is 0.478 e. The van der Waals surface area contributed by atoms with Crippen LogP contribution in [0.5, 0.6) is 0 Å². The van der Waals surface area contributed by atoms with Crippen molar-refractivity contribution >= 4 is 29.3 Å². The molecule has 0 aliphatic carbocycles. The number of carbonyl (C=O) groups is 2. The van der Waals surface area contributed by atoms with Crippen LogP contribution in [0.1, 0.15) is 44.0 Å². The lowest BCUT2D eigenvalue weighted by Crippen LogP contribution is -2.51. The first-order valence-electron chi connectivity index (χ1n) is 11.0. The highest BCUT2D eigenvalue weighted by molar-refractivity contribution is 5.96. The number of likely N-dealkylation sites (tertiary alicyclic amines) is 1. The molecule has 176 valence electrons. The van der Waals surface area contributed by atoms with Crippen molar-refractivity contribution in [3.05, 3.63) is 42.1 Å². The number of nitrogens with zero attached hydrogens (tertiary/aromatic N) is 5. The van der Waals surface area contributed by atoms with Gasteiger partial charge in [-0.2, -0.15) is 0 Å². The van der Waals surface area contributed by atoms with E-state index in [2.05, 4.69) is 14.9 Å². The number of halogens is 1. The van der Waals surface area contributed by atoms with Crippen LogP contribution in [0.2, 0.25) is 0 Å². The zero-order valence-electron chi connectivity index (χ0n) is 19.0. The molecule has 2 aliphatic rings. The topological polar surface area (TPSA) is 99.1 Å². The van der Waals surface area contributed by atoms with Crippen LogP contribution in [0.4, 0.5) is 26.4 Å². The van der Waals surface area contributed by atoms with Crippen LogP contribution in [0.25, 0.3) is 0 Å². The van der Waals surface area contributed by atoms with Crippen molar-refractivity contribution < 1.29 is 23.8 Å². The van der Waals surface area contributed by atoms with Gasteiger partial charge in [0.05, 0.1) is 17.4 Å². The SMILES string of the molecule is CC(C)(C)OC(=O)N1CCC(N2CCN(c3ccc(F)cc3C(=O)O)c3cncnc32)CC1. The summed E-state index contributed by atoms with van der Waals surface area (Å²) in [7, 11) is 0. The minimum Gasteiger partial charge on any atom is -0.478 e. The normalized spacial score (nSPS) is 17.0. The Hall–Kier alpha value is -3.43. The highest BCUT2D eigenvalue weighted by Crippen LogP contribution is 2.39. The second-order valence-electron chi connectivity index (χ2n) is 9.24. The summed E-state index contributed by atoms with van der Waals surface area (Å²) in [5.41, 5.74) is 0.436. The molecule has 3 heterocycles. The number of hydrogen-bond acceptors (Lipinski definition) is 7. The maximum Gasteiger partial charge on any atom is 0.410 e. The van der Waals surface area contributed by atoms with Crippen LogP contribution in [-0.4, -0.2) is 69.9 Å². The predicted molar refractivity (Wildman–Crippen MR) is 121 cm³/mol. The fraction of sp³-hybridized carbons (Fsp3) is 0.478. The number of amides is 1. The number of aromatic carboxylic acids is 1. The Labute approximate surface area is 191 Å². The van der Waals surface area contributed by atoms with Crippen LogP contribution in [0.15, 0.2) is 30.7 Å². The second kappa shape index (κ2) is 8.84. The van der Waals surface area contributed by atoms with Gasteiger partial charge < -0.3 is 24.5 Å². The van der Waals surface area contributed by atoms with E-state index in [0.29, 0.717) is 43.4 Å². The summed E-state index contributed by atoms with van der Waals surface area (Å²) in [5, 5.41) is 9.59. The van der Waals surface area contributed by atoms with Crippen molar-refractivity contribution in [2.24, 2.45) is 0 Å². The van der Waals surface area contributed by atoms with Crippen LogP contribution in [0.3, 0.4) is 0 Å². The van der Waals surface area contributed by atoms with Crippen molar-refractivity contribution in [3.8, 4) is 0 Å². The first-order valence-corrected chi connectivity index (χ1v) is 11.0. The molecule has 0 saturated carbocycles. The van der Waals surface area contributed by atoms with Crippen molar-refractivity contribution in [1.29, 1.82) is 0 Å². The molecule has 2 aliphatic heterocycles. The number of carboxylic acid groups (broad SMARTS) is 1. The van der Waals surface area contributed by atoms with Gasteiger partial charge in [-0.3, -0.25) is 0 Å². The molecule has 0 bridgehead atoms. The van der Waals surface area contributed by atoms with E-state index in [1.807, 2.05) is 25.7 Å². The Bertz CT molecular complexity index is 1050. The first kappa shape index (κ1) is 22.8. The van der Waals surface area contributed by atoms with E-state index in [0.717, 1.165) is 18.9 Å². The van der Waals surface area contributed by atoms with Gasteiger partial charge in [-0.05, 0) is 51.8 Å². The molecule has 0 spiro atoms. The molecule has 0 atom stereocenters. The molecule has 33 heavy (non-hydrogen) atoms. The number of aromatic nitrogens is 2. The summed E-state index contributed by atoms with van der Waals surface area (Å²) in [6, 6.07) is 3.93. The minimum atomic E-state index is -1.19. The quantitative estimate of drug-likeness (QED) is 0.745. The van der Waals surface area contributed by atoms with Gasteiger partial charge in [-0.25, -0.2) is 23.9 Å². The molecule has 1 fully saturated rings. The monoisotopic (exact) mass is 457 g/mol. The fourth-order valence-electron chi connectivity index (χ4n) is 4.37. The van der Waals surface area contributed by atoms with Crippen LogP contribution in [-0.2, 0) is 4.74 Å². The average molecular weight is 458 g/mol. The molecule has 1 amide bonds. The standard InChI is InChI=1S/C23H28FN5O4/c1-23(2,3)33-22(32)27-8-6-16(7-9-27)28-10-11-29(19-13-25-14-26-20(19)28)18-5-4-15(24)12-17(18)21(30)31/h4-5,12-14,16H,6-11H2,1-3H3,(H,30,31). The number of carboxylic acids is 1. The molecule has 10 heteroatoms. The van der Waals surface area contributed by atoms with Gasteiger partial charge in [0.15, 0.2) is 5.82 Å². The Morgan fingerprint density at radius 2 is 1.85 bits per heavy atom. The van der Waals surface area contributed by atoms with Gasteiger partial charge >= 0.3 is 12.1 Å². The lowest BCUT2D eigenvalue weighted by atomic mass is 10.0. The Morgan fingerprint density at radius 3 is 2.52 bits per heavy atom. The third-order valence-electron chi connectivity index (χ3n) is 5.84. The summed E-state index contributed by atoms with van der Waals surface area (Å²) in [6.45, 7) is 7.83. The average Bonchev–Trinajstić information content (AvgIpc) is 2.77. The van der Waals surface area contributed by atoms with Gasteiger partial charge in [-0.15, -0.1) is 0 Å². The number of rotatable bonds is 3. The molecular weight excluding hydrogens is 429 g/mol. The number of fused-ring (bicyclic) bond motifs is 1. The Morgan fingerprint density at radius 1 is 1.12 bits per heavy atom. The Balaban J connectivity index is 1.54. The van der Waals surface area contributed by atoms with E-state index in [9.17, 15) is 19.1 Å². The number of carbonyl (C=O) groups excluding carboxylic acids is 1. The highest BCUT2D eigenvalue weighted by Gasteiger charge is 2.35. The van der Waals surface area contributed by atoms with E-state index >= 15 is 0 Å². The van der Waals surface area contributed by atoms with E-state index in [-0.39, 0.29) is 17.7 Å². The van der Waals surface area contributed by atoms with Gasteiger partial charge in [0.2, 0.25) is 0 Å². The maximum absolute atomic E-state index is 13.7. The first-order chi connectivity index (χ1) is 15.6.